The van der Waals surface area contributed by atoms with Crippen molar-refractivity contribution in [3.8, 4) is 17.3 Å². The molecule has 0 aliphatic heterocycles. The van der Waals surface area contributed by atoms with Crippen molar-refractivity contribution in [1.82, 2.24) is 9.97 Å². The van der Waals surface area contributed by atoms with Crippen LogP contribution in [0.2, 0.25) is 0 Å². The van der Waals surface area contributed by atoms with Crippen LogP contribution in [-0.2, 0) is 18.8 Å². The normalized spacial score (nSPS) is 14.4. The molecule has 0 radical (unpaired) electrons. The van der Waals surface area contributed by atoms with Crippen LogP contribution in [0.1, 0.15) is 44.0 Å². The van der Waals surface area contributed by atoms with E-state index in [1.165, 1.54) is 18.2 Å². The van der Waals surface area contributed by atoms with Gasteiger partial charge in [0.25, 0.3) is 0 Å². The summed E-state index contributed by atoms with van der Waals surface area (Å²) in [6, 6.07) is 5.53. The lowest BCUT2D eigenvalue weighted by Crippen LogP contribution is -2.25. The van der Waals surface area contributed by atoms with Crippen LogP contribution in [0.5, 0.6) is 0 Å². The molecule has 2 rings (SSSR count). The summed E-state index contributed by atoms with van der Waals surface area (Å²) in [5, 5.41) is 9.89. The summed E-state index contributed by atoms with van der Waals surface area (Å²) in [4.78, 5) is 6.96. The molecular weight excluding hydrogens is 487 g/mol. The number of aromatic nitrogens is 2. The Labute approximate surface area is 204 Å². The molecule has 1 unspecified atom stereocenters. The monoisotopic (exact) mass is 511 g/mol. The summed E-state index contributed by atoms with van der Waals surface area (Å²) >= 11 is 0. The smallest absolute Gasteiger partial charge is 0.236 e. The van der Waals surface area contributed by atoms with E-state index >= 15 is 0 Å². The fourth-order valence-electron chi connectivity index (χ4n) is 3.77. The fraction of sp³-hybridized carbons (Fsp3) is 0.346. The zero-order valence-electron chi connectivity index (χ0n) is 19.8. The first kappa shape index (κ1) is 28.8. The van der Waals surface area contributed by atoms with Crippen molar-refractivity contribution in [2.24, 2.45) is 11.3 Å². The molecule has 36 heavy (non-hydrogen) atoms. The van der Waals surface area contributed by atoms with Gasteiger partial charge in [0.2, 0.25) is 0 Å². The zero-order valence-corrected chi connectivity index (χ0v) is 19.8. The minimum atomic E-state index is -4.81. The average Bonchev–Trinajstić information content (AvgIpc) is 2.78. The van der Waals surface area contributed by atoms with Gasteiger partial charge >= 0.3 is 12.4 Å². The highest BCUT2D eigenvalue weighted by Crippen LogP contribution is 2.40. The van der Waals surface area contributed by atoms with Crippen LogP contribution in [-0.4, -0.2) is 9.97 Å². The highest BCUT2D eigenvalue weighted by molar-refractivity contribution is 5.65. The van der Waals surface area contributed by atoms with Gasteiger partial charge in [-0.1, -0.05) is 43.7 Å². The summed E-state index contributed by atoms with van der Waals surface area (Å²) in [5.74, 6) is -0.699. The maximum absolute atomic E-state index is 13.4. The van der Waals surface area contributed by atoms with Gasteiger partial charge in [-0.2, -0.15) is 31.6 Å². The molecule has 192 valence electrons. The zero-order chi connectivity index (χ0) is 27.1. The van der Waals surface area contributed by atoms with Gasteiger partial charge in [0.1, 0.15) is 12.0 Å². The number of allylic oxidation sites excluding steroid dienone is 5. The number of hydrogen-bond donors (Lipinski definition) is 0. The molecule has 0 bridgehead atoms. The molecular formula is C26H24F7N3. The van der Waals surface area contributed by atoms with E-state index in [0.29, 0.717) is 25.1 Å². The van der Waals surface area contributed by atoms with Crippen LogP contribution in [0.25, 0.3) is 11.3 Å². The van der Waals surface area contributed by atoms with Crippen molar-refractivity contribution in [2.45, 2.75) is 46.0 Å². The lowest BCUT2D eigenvalue weighted by atomic mass is 9.72. The molecule has 0 fully saturated rings. The number of nitriles is 1. The van der Waals surface area contributed by atoms with E-state index in [4.69, 9.17) is 0 Å². The highest BCUT2D eigenvalue weighted by atomic mass is 19.4. The number of alkyl halides is 6. The molecule has 0 N–H and O–H groups in total. The molecule has 2 aromatic rings. The van der Waals surface area contributed by atoms with Crippen LogP contribution in [0, 0.1) is 22.7 Å². The van der Waals surface area contributed by atoms with E-state index < -0.39 is 34.9 Å². The Bertz CT molecular complexity index is 1180. The van der Waals surface area contributed by atoms with E-state index in [9.17, 15) is 36.0 Å². The van der Waals surface area contributed by atoms with Crippen LogP contribution < -0.4 is 0 Å². The SMILES string of the molecule is C\C(=C/C=C\C=C\F)CC(C)(C)C(C#N)Cc1ccc(C(F)(F)F)cc1-c1cc(C(F)(F)F)ncn1. The Morgan fingerprint density at radius 2 is 1.69 bits per heavy atom. The fourth-order valence-corrected chi connectivity index (χ4v) is 3.77. The minimum Gasteiger partial charge on any atom is -0.236 e. The third kappa shape index (κ3) is 7.77. The first-order valence-corrected chi connectivity index (χ1v) is 10.8. The standard InChI is InChI=1S/C26H24F7N3/c1-17(7-5-4-6-10-27)14-24(2,3)20(15-34)11-18-8-9-19(25(28,29)30)12-21(18)22-13-23(26(31,32)33)36-16-35-22/h4-10,12-13,16,20H,11,14H2,1-3H3/b5-4-,10-6+,17-7+. The number of rotatable bonds is 8. The van der Waals surface area contributed by atoms with Gasteiger partial charge in [0.15, 0.2) is 0 Å². The summed E-state index contributed by atoms with van der Waals surface area (Å²) in [6.45, 7) is 5.46. The Morgan fingerprint density at radius 1 is 1.00 bits per heavy atom. The third-order valence-electron chi connectivity index (χ3n) is 5.60. The summed E-state index contributed by atoms with van der Waals surface area (Å²) in [7, 11) is 0. The molecule has 0 aliphatic rings. The van der Waals surface area contributed by atoms with Crippen molar-refractivity contribution in [2.75, 3.05) is 0 Å². The van der Waals surface area contributed by atoms with Gasteiger partial charge in [0, 0.05) is 5.56 Å². The van der Waals surface area contributed by atoms with Crippen LogP contribution in [0.3, 0.4) is 0 Å². The minimum absolute atomic E-state index is 0.0178. The van der Waals surface area contributed by atoms with E-state index in [1.54, 1.807) is 12.2 Å². The molecule has 1 aromatic heterocycles. The quantitative estimate of drug-likeness (QED) is 0.265. The van der Waals surface area contributed by atoms with Gasteiger partial charge in [0.05, 0.1) is 29.6 Å². The Balaban J connectivity index is 2.50. The van der Waals surface area contributed by atoms with Gasteiger partial charge < -0.3 is 0 Å². The number of nitrogens with zero attached hydrogens (tertiary/aromatic N) is 3. The summed E-state index contributed by atoms with van der Waals surface area (Å²) in [6.07, 6.45) is -2.01. The van der Waals surface area contributed by atoms with E-state index in [1.807, 2.05) is 20.8 Å². The second-order valence-electron chi connectivity index (χ2n) is 8.92. The lowest BCUT2D eigenvalue weighted by Gasteiger charge is -2.31. The number of benzene rings is 1. The van der Waals surface area contributed by atoms with Gasteiger partial charge in [-0.15, -0.1) is 0 Å². The second-order valence-corrected chi connectivity index (χ2v) is 8.92. The van der Waals surface area contributed by atoms with E-state index in [-0.39, 0.29) is 23.2 Å². The first-order valence-electron chi connectivity index (χ1n) is 10.8. The molecule has 3 nitrogen and oxygen atoms in total. The van der Waals surface area contributed by atoms with Crippen molar-refractivity contribution in [1.29, 1.82) is 5.26 Å². The Hall–Kier alpha value is -3.48. The predicted octanol–water partition coefficient (Wildman–Crippen LogP) is 8.27. The maximum Gasteiger partial charge on any atom is 0.433 e. The van der Waals surface area contributed by atoms with Crippen LogP contribution in [0.4, 0.5) is 30.7 Å². The number of hydrogen-bond acceptors (Lipinski definition) is 3. The van der Waals surface area contributed by atoms with Crippen molar-refractivity contribution < 1.29 is 30.7 Å². The maximum atomic E-state index is 13.4. The highest BCUT2D eigenvalue weighted by Gasteiger charge is 2.35. The molecule has 0 saturated carbocycles. The Kier molecular flexibility index (Phi) is 9.19. The number of halogens is 7. The molecule has 1 aromatic carbocycles. The molecule has 1 atom stereocenters. The molecule has 0 saturated heterocycles. The molecule has 0 amide bonds. The lowest BCUT2D eigenvalue weighted by molar-refractivity contribution is -0.141. The predicted molar refractivity (Wildman–Crippen MR) is 122 cm³/mol. The average molecular weight is 511 g/mol. The van der Waals surface area contributed by atoms with Crippen molar-refractivity contribution in [3.05, 3.63) is 83.6 Å². The molecule has 0 aliphatic carbocycles. The molecule has 0 spiro atoms. The van der Waals surface area contributed by atoms with Crippen molar-refractivity contribution >= 4 is 0 Å². The third-order valence-corrected chi connectivity index (χ3v) is 5.60. The van der Waals surface area contributed by atoms with Gasteiger partial charge in [-0.25, -0.2) is 14.4 Å². The van der Waals surface area contributed by atoms with Crippen LogP contribution >= 0.6 is 0 Å². The van der Waals surface area contributed by atoms with E-state index in [0.717, 1.165) is 17.7 Å². The first-order chi connectivity index (χ1) is 16.7. The molecule has 10 heteroatoms. The second kappa shape index (κ2) is 11.5. The van der Waals surface area contributed by atoms with Gasteiger partial charge in [-0.3, -0.25) is 0 Å². The molecule has 1 heterocycles. The Morgan fingerprint density at radius 3 is 2.28 bits per heavy atom. The van der Waals surface area contributed by atoms with E-state index in [2.05, 4.69) is 16.0 Å². The summed E-state index contributed by atoms with van der Waals surface area (Å²) < 4.78 is 91.8. The summed E-state index contributed by atoms with van der Waals surface area (Å²) in [5.41, 5.74) is -2.33. The topological polar surface area (TPSA) is 49.6 Å². The van der Waals surface area contributed by atoms with Crippen molar-refractivity contribution in [3.63, 3.8) is 0 Å². The van der Waals surface area contributed by atoms with Crippen LogP contribution in [0.15, 0.2) is 66.8 Å². The van der Waals surface area contributed by atoms with Gasteiger partial charge in [-0.05, 0) is 55.0 Å². The largest absolute Gasteiger partial charge is 0.433 e.